The van der Waals surface area contributed by atoms with E-state index in [0.717, 1.165) is 0 Å². The fourth-order valence-electron chi connectivity index (χ4n) is 3.38. The number of hydrogen-bond acceptors (Lipinski definition) is 4. The van der Waals surface area contributed by atoms with Crippen LogP contribution in [-0.2, 0) is 6.54 Å². The highest BCUT2D eigenvalue weighted by atomic mass is 35.5. The summed E-state index contributed by atoms with van der Waals surface area (Å²) in [4.78, 5) is 23.4. The van der Waals surface area contributed by atoms with E-state index in [1.165, 1.54) is 6.07 Å². The summed E-state index contributed by atoms with van der Waals surface area (Å²) in [7, 11) is 0. The maximum absolute atomic E-state index is 14.5. The van der Waals surface area contributed by atoms with Crippen molar-refractivity contribution in [3.8, 4) is 5.69 Å². The first-order valence-electron chi connectivity index (χ1n) is 9.38. The Kier molecular flexibility index (Phi) is 5.15. The Labute approximate surface area is 172 Å². The molecule has 0 N–H and O–H groups in total. The molecule has 1 aliphatic rings. The Morgan fingerprint density at radius 1 is 1.17 bits per heavy atom. The van der Waals surface area contributed by atoms with Gasteiger partial charge in [0.2, 0.25) is 5.82 Å². The van der Waals surface area contributed by atoms with Crippen LogP contribution >= 0.6 is 11.6 Å². The third-order valence-electron chi connectivity index (χ3n) is 4.87. The zero-order valence-corrected chi connectivity index (χ0v) is 16.8. The van der Waals surface area contributed by atoms with Gasteiger partial charge in [-0.1, -0.05) is 23.7 Å². The molecule has 4 rings (SSSR count). The van der Waals surface area contributed by atoms with Gasteiger partial charge >= 0.3 is 0 Å². The molecule has 0 radical (unpaired) electrons. The summed E-state index contributed by atoms with van der Waals surface area (Å²) in [6.07, 6.45) is 0. The normalized spacial score (nSPS) is 12.6. The zero-order chi connectivity index (χ0) is 20.5. The Balaban J connectivity index is 1.87. The van der Waals surface area contributed by atoms with Gasteiger partial charge in [-0.05, 0) is 44.2 Å². The summed E-state index contributed by atoms with van der Waals surface area (Å²) in [5.74, 6) is 0.0241. The molecule has 1 aliphatic heterocycles. The summed E-state index contributed by atoms with van der Waals surface area (Å²) in [6.45, 7) is 5.12. The van der Waals surface area contributed by atoms with Gasteiger partial charge in [-0.3, -0.25) is 9.79 Å². The van der Waals surface area contributed by atoms with Crippen LogP contribution in [0.4, 0.5) is 4.39 Å². The Bertz CT molecular complexity index is 1120. The average Bonchev–Trinajstić information content (AvgIpc) is 3.08. The first kappa shape index (κ1) is 19.3. The van der Waals surface area contributed by atoms with Gasteiger partial charge in [0.15, 0.2) is 5.82 Å². The number of rotatable bonds is 4. The molecule has 0 saturated heterocycles. The molecular weight excluding hydrogens is 393 g/mol. The van der Waals surface area contributed by atoms with E-state index in [4.69, 9.17) is 11.6 Å². The second-order valence-electron chi connectivity index (χ2n) is 6.55. The quantitative estimate of drug-likeness (QED) is 0.654. The number of carbonyl (C=O) groups excluding carboxylic acids is 1. The van der Waals surface area contributed by atoms with Crippen LogP contribution in [-0.4, -0.2) is 44.4 Å². The van der Waals surface area contributed by atoms with E-state index < -0.39 is 0 Å². The Morgan fingerprint density at radius 3 is 2.66 bits per heavy atom. The third-order valence-corrected chi connectivity index (χ3v) is 5.10. The van der Waals surface area contributed by atoms with Crippen LogP contribution < -0.4 is 0 Å². The fraction of sp³-hybridized carbons (Fsp3) is 0.238. The minimum absolute atomic E-state index is 0.120. The van der Waals surface area contributed by atoms with Crippen LogP contribution in [0.25, 0.3) is 5.69 Å². The number of amides is 1. The summed E-state index contributed by atoms with van der Waals surface area (Å²) in [5.41, 5.74) is 2.13. The standard InChI is InChI=1S/C21H19ClFN5O/c1-3-27(4-2)21(29)20-25-18-12-24-19(14-7-5-6-8-16(14)23)15-11-13(22)9-10-17(15)28(18)26-20/h5-11H,3-4,12H2,1-2H3. The summed E-state index contributed by atoms with van der Waals surface area (Å²) >= 11 is 6.23. The van der Waals surface area contributed by atoms with Gasteiger partial charge in [-0.2, -0.15) is 0 Å². The number of fused-ring (bicyclic) bond motifs is 3. The van der Waals surface area contributed by atoms with Gasteiger partial charge in [0.25, 0.3) is 5.91 Å². The van der Waals surface area contributed by atoms with Gasteiger partial charge in [-0.15, -0.1) is 5.10 Å². The number of aromatic nitrogens is 3. The van der Waals surface area contributed by atoms with Crippen molar-refractivity contribution >= 4 is 23.2 Å². The number of nitrogens with zero attached hydrogens (tertiary/aromatic N) is 5. The fourth-order valence-corrected chi connectivity index (χ4v) is 3.56. The number of halogens is 2. The van der Waals surface area contributed by atoms with Gasteiger partial charge in [0.1, 0.15) is 5.82 Å². The van der Waals surface area contributed by atoms with Crippen LogP contribution in [0.1, 0.15) is 41.4 Å². The van der Waals surface area contributed by atoms with Gasteiger partial charge in [-0.25, -0.2) is 14.1 Å². The van der Waals surface area contributed by atoms with E-state index in [1.54, 1.807) is 46.0 Å². The number of carbonyl (C=O) groups is 1. The maximum atomic E-state index is 14.5. The zero-order valence-electron chi connectivity index (χ0n) is 16.1. The molecule has 1 aromatic heterocycles. The molecule has 8 heteroatoms. The Morgan fingerprint density at radius 2 is 1.93 bits per heavy atom. The molecule has 0 bridgehead atoms. The van der Waals surface area contributed by atoms with Crippen molar-refractivity contribution in [1.29, 1.82) is 0 Å². The summed E-state index contributed by atoms with van der Waals surface area (Å²) < 4.78 is 16.1. The molecule has 2 heterocycles. The van der Waals surface area contributed by atoms with Crippen LogP contribution in [0.5, 0.6) is 0 Å². The molecule has 0 spiro atoms. The van der Waals surface area contributed by atoms with Crippen LogP contribution in [0.15, 0.2) is 47.5 Å². The minimum Gasteiger partial charge on any atom is -0.336 e. The molecule has 0 aliphatic carbocycles. The highest BCUT2D eigenvalue weighted by molar-refractivity contribution is 6.31. The van der Waals surface area contributed by atoms with Crippen molar-refractivity contribution in [2.75, 3.05) is 13.1 Å². The highest BCUT2D eigenvalue weighted by Crippen LogP contribution is 2.28. The maximum Gasteiger partial charge on any atom is 0.293 e. The van der Waals surface area contributed by atoms with Crippen molar-refractivity contribution in [2.24, 2.45) is 4.99 Å². The van der Waals surface area contributed by atoms with Crippen molar-refractivity contribution in [1.82, 2.24) is 19.7 Å². The average molecular weight is 412 g/mol. The molecule has 1 amide bonds. The predicted molar refractivity (Wildman–Crippen MR) is 109 cm³/mol. The molecule has 0 atom stereocenters. The summed E-state index contributed by atoms with van der Waals surface area (Å²) in [5, 5.41) is 4.95. The molecular formula is C21H19ClFN5O. The molecule has 29 heavy (non-hydrogen) atoms. The largest absolute Gasteiger partial charge is 0.336 e. The number of aliphatic imine (C=N–C) groups is 1. The third kappa shape index (κ3) is 3.42. The molecule has 0 fully saturated rings. The second-order valence-corrected chi connectivity index (χ2v) is 6.98. The Hall–Kier alpha value is -3.06. The lowest BCUT2D eigenvalue weighted by Gasteiger charge is -2.16. The number of benzene rings is 2. The molecule has 0 saturated carbocycles. The highest BCUT2D eigenvalue weighted by Gasteiger charge is 2.26. The van der Waals surface area contributed by atoms with E-state index in [9.17, 15) is 9.18 Å². The van der Waals surface area contributed by atoms with Gasteiger partial charge < -0.3 is 4.90 Å². The van der Waals surface area contributed by atoms with Crippen LogP contribution in [0.2, 0.25) is 5.02 Å². The molecule has 0 unspecified atom stereocenters. The molecule has 3 aromatic rings. The number of hydrogen-bond donors (Lipinski definition) is 0. The van der Waals surface area contributed by atoms with E-state index in [-0.39, 0.29) is 24.1 Å². The SMILES string of the molecule is CCN(CC)C(=O)c1nc2n(n1)-c1ccc(Cl)cc1C(c1ccccc1F)=NC2. The summed E-state index contributed by atoms with van der Waals surface area (Å²) in [6, 6.07) is 11.7. The minimum atomic E-state index is -0.373. The van der Waals surface area contributed by atoms with E-state index in [0.29, 0.717) is 46.5 Å². The first-order valence-corrected chi connectivity index (χ1v) is 9.76. The lowest BCUT2D eigenvalue weighted by atomic mass is 10.00. The van der Waals surface area contributed by atoms with Crippen molar-refractivity contribution < 1.29 is 9.18 Å². The predicted octanol–water partition coefficient (Wildman–Crippen LogP) is 3.89. The van der Waals surface area contributed by atoms with E-state index in [1.807, 2.05) is 13.8 Å². The van der Waals surface area contributed by atoms with Crippen molar-refractivity contribution in [2.45, 2.75) is 20.4 Å². The molecule has 2 aromatic carbocycles. The smallest absolute Gasteiger partial charge is 0.293 e. The van der Waals surface area contributed by atoms with E-state index in [2.05, 4.69) is 15.1 Å². The van der Waals surface area contributed by atoms with Gasteiger partial charge in [0, 0.05) is 29.2 Å². The van der Waals surface area contributed by atoms with Crippen LogP contribution in [0, 0.1) is 5.82 Å². The monoisotopic (exact) mass is 411 g/mol. The molecule has 6 nitrogen and oxygen atoms in total. The van der Waals surface area contributed by atoms with Crippen molar-refractivity contribution in [3.63, 3.8) is 0 Å². The van der Waals surface area contributed by atoms with E-state index >= 15 is 0 Å². The lowest BCUT2D eigenvalue weighted by Crippen LogP contribution is -2.31. The van der Waals surface area contributed by atoms with Gasteiger partial charge in [0.05, 0.1) is 17.9 Å². The first-order chi connectivity index (χ1) is 14.0. The van der Waals surface area contributed by atoms with Crippen LogP contribution in [0.3, 0.4) is 0 Å². The topological polar surface area (TPSA) is 63.4 Å². The molecule has 148 valence electrons. The second kappa shape index (κ2) is 7.75. The lowest BCUT2D eigenvalue weighted by molar-refractivity contribution is 0.0761. The van der Waals surface area contributed by atoms with Crippen molar-refractivity contribution in [3.05, 3.63) is 76.1 Å².